The van der Waals surface area contributed by atoms with Gasteiger partial charge in [-0.15, -0.1) is 0 Å². The molecule has 1 N–H and O–H groups in total. The monoisotopic (exact) mass is 373 g/mol. The summed E-state index contributed by atoms with van der Waals surface area (Å²) in [6, 6.07) is 0.858. The summed E-state index contributed by atoms with van der Waals surface area (Å²) in [5.41, 5.74) is 0.775. The third-order valence-electron chi connectivity index (χ3n) is 9.49. The molecule has 3 aliphatic carbocycles. The Morgan fingerprint density at radius 1 is 1.33 bits per heavy atom. The number of methoxy groups -OCH3 is 1. The fourth-order valence-corrected chi connectivity index (χ4v) is 8.28. The van der Waals surface area contributed by atoms with E-state index in [2.05, 4.69) is 24.8 Å². The van der Waals surface area contributed by atoms with E-state index in [1.165, 1.54) is 32.8 Å². The van der Waals surface area contributed by atoms with Gasteiger partial charge in [-0.05, 0) is 69.6 Å². The van der Waals surface area contributed by atoms with Crippen LogP contribution in [-0.2, 0) is 9.53 Å². The predicted octanol–water partition coefficient (Wildman–Crippen LogP) is 3.54. The number of allylic oxidation sites excluding steroid dienone is 1. The Hall–Kier alpha value is -0.870. The van der Waals surface area contributed by atoms with Crippen molar-refractivity contribution in [1.29, 1.82) is 0 Å². The number of fused-ring (bicyclic) bond motifs is 4. The fourth-order valence-electron chi connectivity index (χ4n) is 8.28. The van der Waals surface area contributed by atoms with E-state index < -0.39 is 5.60 Å². The van der Waals surface area contributed by atoms with Gasteiger partial charge in [0.1, 0.15) is 0 Å². The molecular weight excluding hydrogens is 338 g/mol. The Kier molecular flexibility index (Phi) is 4.08. The summed E-state index contributed by atoms with van der Waals surface area (Å²) in [4.78, 5) is 14.8. The quantitative estimate of drug-likeness (QED) is 0.607. The van der Waals surface area contributed by atoms with Gasteiger partial charge in [0.15, 0.2) is 0 Å². The molecule has 0 aromatic rings. The minimum Gasteiger partial charge on any atom is -0.469 e. The summed E-state index contributed by atoms with van der Waals surface area (Å²) < 4.78 is 4.97. The zero-order valence-electron chi connectivity index (χ0n) is 17.1. The number of hydrogen-bond acceptors (Lipinski definition) is 4. The largest absolute Gasteiger partial charge is 0.469 e. The van der Waals surface area contributed by atoms with Gasteiger partial charge in [-0.1, -0.05) is 18.6 Å². The summed E-state index contributed by atoms with van der Waals surface area (Å²) in [5.74, 6) is 2.27. The first-order valence-corrected chi connectivity index (χ1v) is 11.2. The number of carbonyl (C=O) groups is 1. The standard InChI is InChI=1S/C23H35NO3/c1-14-13-24-20-17-6-4-5-15(17)7-8-18(20)22(2,26)23(12-10-19(25)27-3)11-9-16(14)21(23)24/h6,14-16,18,20-21,26H,4-5,7-13H2,1-3H3. The summed E-state index contributed by atoms with van der Waals surface area (Å²) >= 11 is 0. The second-order valence-electron chi connectivity index (χ2n) is 10.3. The topological polar surface area (TPSA) is 49.8 Å². The second kappa shape index (κ2) is 6.06. The Morgan fingerprint density at radius 3 is 2.93 bits per heavy atom. The molecule has 27 heavy (non-hydrogen) atoms. The molecule has 2 saturated carbocycles. The van der Waals surface area contributed by atoms with E-state index in [1.54, 1.807) is 5.57 Å². The van der Waals surface area contributed by atoms with Crippen LogP contribution in [0.3, 0.4) is 0 Å². The number of aliphatic hydroxyl groups is 1. The number of carbonyl (C=O) groups excluding carboxylic acids is 1. The number of rotatable bonds is 3. The average molecular weight is 374 g/mol. The highest BCUT2D eigenvalue weighted by Gasteiger charge is 2.70. The van der Waals surface area contributed by atoms with E-state index in [0.29, 0.717) is 36.3 Å². The molecule has 2 heterocycles. The lowest BCUT2D eigenvalue weighted by molar-refractivity contribution is -0.203. The maximum Gasteiger partial charge on any atom is 0.305 e. The lowest BCUT2D eigenvalue weighted by atomic mass is 9.52. The minimum absolute atomic E-state index is 0.134. The zero-order chi connectivity index (χ0) is 19.0. The maximum atomic E-state index is 12.1. The first-order chi connectivity index (χ1) is 12.9. The van der Waals surface area contributed by atoms with Gasteiger partial charge >= 0.3 is 5.97 Å². The molecule has 2 aliphatic heterocycles. The van der Waals surface area contributed by atoms with Gasteiger partial charge in [0.05, 0.1) is 12.7 Å². The van der Waals surface area contributed by atoms with Crippen molar-refractivity contribution in [2.24, 2.45) is 29.1 Å². The molecule has 8 atom stereocenters. The van der Waals surface area contributed by atoms with Crippen LogP contribution >= 0.6 is 0 Å². The highest BCUT2D eigenvalue weighted by Crippen LogP contribution is 2.67. The van der Waals surface area contributed by atoms with E-state index in [4.69, 9.17) is 4.74 Å². The summed E-state index contributed by atoms with van der Waals surface area (Å²) in [7, 11) is 1.48. The van der Waals surface area contributed by atoms with Crippen LogP contribution in [0.25, 0.3) is 0 Å². The van der Waals surface area contributed by atoms with Crippen molar-refractivity contribution < 1.29 is 14.6 Å². The number of piperidine rings is 1. The van der Waals surface area contributed by atoms with Crippen LogP contribution in [0.1, 0.15) is 65.2 Å². The highest BCUT2D eigenvalue weighted by atomic mass is 16.5. The van der Waals surface area contributed by atoms with Crippen molar-refractivity contribution in [2.75, 3.05) is 13.7 Å². The minimum atomic E-state index is -0.708. The molecule has 4 heteroatoms. The van der Waals surface area contributed by atoms with Gasteiger partial charge in [0.25, 0.3) is 0 Å². The molecule has 4 fully saturated rings. The highest BCUT2D eigenvalue weighted by molar-refractivity contribution is 5.69. The van der Waals surface area contributed by atoms with Crippen molar-refractivity contribution >= 4 is 5.97 Å². The second-order valence-corrected chi connectivity index (χ2v) is 10.3. The van der Waals surface area contributed by atoms with Crippen LogP contribution in [0.4, 0.5) is 0 Å². The van der Waals surface area contributed by atoms with Gasteiger partial charge in [0, 0.05) is 36.4 Å². The van der Waals surface area contributed by atoms with E-state index in [-0.39, 0.29) is 11.4 Å². The van der Waals surface area contributed by atoms with Crippen LogP contribution in [0.2, 0.25) is 0 Å². The molecule has 0 spiro atoms. The SMILES string of the molecule is COC(=O)CCC12CCC3C(C)CN(C4C5=CCCC5CCC4C1(C)O)C32. The Morgan fingerprint density at radius 2 is 2.15 bits per heavy atom. The molecule has 0 radical (unpaired) electrons. The van der Waals surface area contributed by atoms with Crippen molar-refractivity contribution in [3.63, 3.8) is 0 Å². The van der Waals surface area contributed by atoms with Gasteiger partial charge in [-0.2, -0.15) is 0 Å². The van der Waals surface area contributed by atoms with Crippen molar-refractivity contribution in [3.8, 4) is 0 Å². The van der Waals surface area contributed by atoms with Crippen LogP contribution in [0.15, 0.2) is 11.6 Å². The first kappa shape index (κ1) is 18.2. The zero-order valence-corrected chi connectivity index (χ0v) is 17.1. The van der Waals surface area contributed by atoms with E-state index in [0.717, 1.165) is 31.7 Å². The van der Waals surface area contributed by atoms with Gasteiger partial charge in [-0.25, -0.2) is 0 Å². The average Bonchev–Trinajstić information content (AvgIpc) is 3.34. The smallest absolute Gasteiger partial charge is 0.305 e. The number of esters is 1. The first-order valence-electron chi connectivity index (χ1n) is 11.2. The predicted molar refractivity (Wildman–Crippen MR) is 104 cm³/mol. The molecule has 4 nitrogen and oxygen atoms in total. The third-order valence-corrected chi connectivity index (χ3v) is 9.49. The molecule has 150 valence electrons. The van der Waals surface area contributed by atoms with Gasteiger partial charge in [0.2, 0.25) is 0 Å². The fraction of sp³-hybridized carbons (Fsp3) is 0.870. The molecule has 2 saturated heterocycles. The molecule has 5 rings (SSSR count). The van der Waals surface area contributed by atoms with E-state index >= 15 is 0 Å². The van der Waals surface area contributed by atoms with Gasteiger partial charge < -0.3 is 9.84 Å². The van der Waals surface area contributed by atoms with Crippen LogP contribution in [0, 0.1) is 29.1 Å². The van der Waals surface area contributed by atoms with Crippen LogP contribution in [-0.4, -0.2) is 47.3 Å². The maximum absolute atomic E-state index is 12.1. The van der Waals surface area contributed by atoms with E-state index in [9.17, 15) is 9.90 Å². The molecule has 0 aromatic heterocycles. The molecule has 8 unspecified atom stereocenters. The van der Waals surface area contributed by atoms with Crippen molar-refractivity contribution in [1.82, 2.24) is 4.90 Å². The summed E-state index contributed by atoms with van der Waals surface area (Å²) in [6.45, 7) is 5.70. The Labute approximate surface area is 163 Å². The van der Waals surface area contributed by atoms with Crippen LogP contribution < -0.4 is 0 Å². The summed E-state index contributed by atoms with van der Waals surface area (Å²) in [6.07, 6.45) is 10.8. The number of nitrogens with zero attached hydrogens (tertiary/aromatic N) is 1. The molecule has 0 amide bonds. The van der Waals surface area contributed by atoms with Gasteiger partial charge in [-0.3, -0.25) is 9.69 Å². The van der Waals surface area contributed by atoms with Crippen molar-refractivity contribution in [2.45, 2.75) is 82.9 Å². The van der Waals surface area contributed by atoms with E-state index in [1.807, 2.05) is 0 Å². The molecule has 0 aromatic carbocycles. The van der Waals surface area contributed by atoms with Crippen LogP contribution in [0.5, 0.6) is 0 Å². The number of hydrogen-bond donors (Lipinski definition) is 1. The third kappa shape index (κ3) is 2.26. The Bertz CT molecular complexity index is 671. The lowest BCUT2D eigenvalue weighted by Gasteiger charge is -2.63. The molecule has 5 aliphatic rings. The Balaban J connectivity index is 1.58. The van der Waals surface area contributed by atoms with Crippen molar-refractivity contribution in [3.05, 3.63) is 11.6 Å². The summed E-state index contributed by atoms with van der Waals surface area (Å²) in [5, 5.41) is 12.1. The number of ether oxygens (including phenoxy) is 1. The lowest BCUT2D eigenvalue weighted by Crippen LogP contribution is -2.71. The normalized spacial score (nSPS) is 50.7. The molecule has 0 bridgehead atoms. The molecular formula is C23H35NO3.